The predicted molar refractivity (Wildman–Crippen MR) is 299 cm³/mol. The van der Waals surface area contributed by atoms with E-state index in [1.54, 1.807) is 0 Å². The topological polar surface area (TPSA) is 84.3 Å². The minimum atomic E-state index is 0.440. The van der Waals surface area contributed by atoms with Crippen LogP contribution in [0.3, 0.4) is 0 Å². The molecule has 0 aliphatic rings. The van der Waals surface area contributed by atoms with Gasteiger partial charge >= 0.3 is 0 Å². The van der Waals surface area contributed by atoms with E-state index in [-0.39, 0.29) is 0 Å². The Morgan fingerprint density at radius 1 is 0.243 bits per heavy atom. The number of nitrogens with zero attached hydrogens (tertiary/aromatic N) is 6. The summed E-state index contributed by atoms with van der Waals surface area (Å²) in [5, 5.41) is 22.3. The minimum Gasteiger partial charge on any atom is -0.416 e. The normalized spacial score (nSPS) is 11.2. The molecule has 0 atom stereocenters. The van der Waals surface area contributed by atoms with Gasteiger partial charge in [-0.25, -0.2) is 0 Å². The second-order valence-electron chi connectivity index (χ2n) is 17.9. The Balaban J connectivity index is 1.04. The molecule has 11 aromatic carbocycles. The summed E-state index contributed by atoms with van der Waals surface area (Å²) in [4.78, 5) is 4.66. The van der Waals surface area contributed by atoms with Gasteiger partial charge in [0, 0.05) is 56.1 Å². The fourth-order valence-electron chi connectivity index (χ4n) is 10.1. The molecule has 0 saturated carbocycles. The Kier molecular flexibility index (Phi) is 11.4. The van der Waals surface area contributed by atoms with Crippen molar-refractivity contribution in [1.29, 1.82) is 0 Å². The molecule has 13 rings (SSSR count). The van der Waals surface area contributed by atoms with Gasteiger partial charge in [0.25, 0.3) is 0 Å². The molecule has 74 heavy (non-hydrogen) atoms. The van der Waals surface area contributed by atoms with E-state index in [1.165, 1.54) is 0 Å². The van der Waals surface area contributed by atoms with E-state index in [9.17, 15) is 0 Å². The van der Waals surface area contributed by atoms with Crippen LogP contribution < -0.4 is 9.80 Å². The first-order valence-electron chi connectivity index (χ1n) is 24.5. The van der Waals surface area contributed by atoms with Crippen LogP contribution in [0.2, 0.25) is 0 Å². The standard InChI is InChI=1S/C66H44N6O2/c1-6-21-45(22-7-1)63-67-69-65(73-63)49-27-18-25-47(43-49)60-56-35-16-17-36-57(56)61(48-26-19-28-50(44-48)66-70-68-64(74-66)46-23-8-2-9-24-46)62-58(60)37-20-38-59(62)72(53-33-14-5-15-34-53)55-41-39-54(40-42-55)71(51-29-10-3-11-30-51)52-31-12-4-13-32-52/h1-44H. The number of para-hydroxylation sites is 3. The maximum absolute atomic E-state index is 6.38. The quantitative estimate of drug-likeness (QED) is 0.112. The van der Waals surface area contributed by atoms with Gasteiger partial charge in [-0.15, -0.1) is 20.4 Å². The summed E-state index contributed by atoms with van der Waals surface area (Å²) in [7, 11) is 0. The predicted octanol–water partition coefficient (Wildman–Crippen LogP) is 17.7. The summed E-state index contributed by atoms with van der Waals surface area (Å²) in [6, 6.07) is 92.4. The first-order chi connectivity index (χ1) is 36.7. The van der Waals surface area contributed by atoms with E-state index in [0.29, 0.717) is 23.6 Å². The summed E-state index contributed by atoms with van der Waals surface area (Å²) in [5.41, 5.74) is 13.7. The van der Waals surface area contributed by atoms with E-state index in [1.807, 2.05) is 72.8 Å². The summed E-state index contributed by atoms with van der Waals surface area (Å²) in [5.74, 6) is 1.82. The largest absolute Gasteiger partial charge is 0.416 e. The van der Waals surface area contributed by atoms with Crippen LogP contribution in [-0.2, 0) is 0 Å². The summed E-state index contributed by atoms with van der Waals surface area (Å²) in [6.45, 7) is 0. The summed E-state index contributed by atoms with van der Waals surface area (Å²) >= 11 is 0. The molecule has 0 N–H and O–H groups in total. The van der Waals surface area contributed by atoms with Crippen molar-refractivity contribution in [2.75, 3.05) is 9.80 Å². The molecule has 350 valence electrons. The molecule has 0 aliphatic carbocycles. The van der Waals surface area contributed by atoms with Crippen molar-refractivity contribution in [2.24, 2.45) is 0 Å². The average molecular weight is 953 g/mol. The first-order valence-corrected chi connectivity index (χ1v) is 24.5. The Labute approximate surface area is 427 Å². The number of rotatable bonds is 12. The van der Waals surface area contributed by atoms with Crippen molar-refractivity contribution in [1.82, 2.24) is 20.4 Å². The molecule has 0 aliphatic heterocycles. The second kappa shape index (κ2) is 19.2. The highest BCUT2D eigenvalue weighted by Gasteiger charge is 2.25. The molecule has 13 aromatic rings. The van der Waals surface area contributed by atoms with Crippen LogP contribution in [0.5, 0.6) is 0 Å². The van der Waals surface area contributed by atoms with Crippen LogP contribution in [0, 0.1) is 0 Å². The Hall–Kier alpha value is -10.2. The third kappa shape index (κ3) is 8.22. The summed E-state index contributed by atoms with van der Waals surface area (Å²) < 4.78 is 12.7. The number of benzene rings is 11. The molecule has 0 amide bonds. The molecule has 0 spiro atoms. The highest BCUT2D eigenvalue weighted by atomic mass is 16.4. The summed E-state index contributed by atoms with van der Waals surface area (Å²) in [6.07, 6.45) is 0. The minimum absolute atomic E-state index is 0.440. The van der Waals surface area contributed by atoms with Gasteiger partial charge in [-0.3, -0.25) is 0 Å². The third-order valence-electron chi connectivity index (χ3n) is 13.4. The zero-order chi connectivity index (χ0) is 49.2. The maximum atomic E-state index is 6.38. The monoisotopic (exact) mass is 952 g/mol. The molecule has 0 fully saturated rings. The number of hydrogen-bond donors (Lipinski definition) is 0. The van der Waals surface area contributed by atoms with Crippen molar-refractivity contribution in [2.45, 2.75) is 0 Å². The van der Waals surface area contributed by atoms with Crippen molar-refractivity contribution < 1.29 is 8.83 Å². The van der Waals surface area contributed by atoms with Gasteiger partial charge in [-0.2, -0.15) is 0 Å². The Bertz CT molecular complexity index is 4030. The van der Waals surface area contributed by atoms with Gasteiger partial charge in [0.2, 0.25) is 23.6 Å². The van der Waals surface area contributed by atoms with Gasteiger partial charge in [-0.05, 0) is 154 Å². The molecule has 2 heterocycles. The van der Waals surface area contributed by atoms with E-state index in [4.69, 9.17) is 8.83 Å². The molecule has 0 radical (unpaired) electrons. The van der Waals surface area contributed by atoms with Gasteiger partial charge in [0.05, 0.1) is 5.69 Å². The van der Waals surface area contributed by atoms with Crippen LogP contribution in [-0.4, -0.2) is 20.4 Å². The fourth-order valence-corrected chi connectivity index (χ4v) is 10.1. The zero-order valence-corrected chi connectivity index (χ0v) is 39.9. The lowest BCUT2D eigenvalue weighted by Gasteiger charge is -2.30. The third-order valence-corrected chi connectivity index (χ3v) is 13.4. The lowest BCUT2D eigenvalue weighted by Crippen LogP contribution is -2.12. The smallest absolute Gasteiger partial charge is 0.248 e. The van der Waals surface area contributed by atoms with Gasteiger partial charge in [0.1, 0.15) is 0 Å². The number of hydrogen-bond acceptors (Lipinski definition) is 8. The second-order valence-corrected chi connectivity index (χ2v) is 17.9. The van der Waals surface area contributed by atoms with E-state index in [2.05, 4.69) is 224 Å². The van der Waals surface area contributed by atoms with Crippen LogP contribution in [0.4, 0.5) is 34.1 Å². The van der Waals surface area contributed by atoms with Crippen molar-refractivity contribution in [3.63, 3.8) is 0 Å². The molecule has 0 bridgehead atoms. The maximum Gasteiger partial charge on any atom is 0.248 e. The lowest BCUT2D eigenvalue weighted by molar-refractivity contribution is 0.584. The molecule has 0 saturated heterocycles. The SMILES string of the molecule is c1ccc(-c2nnc(-c3cccc(-c4c5ccccc5c(-c5cccc(-c6nnc(-c7ccccc7)o6)c5)c5c(N(c6ccccc6)c6ccc(N(c7ccccc7)c7ccccc7)cc6)cccc45)c3)o2)cc1. The zero-order valence-electron chi connectivity index (χ0n) is 39.9. The highest BCUT2D eigenvalue weighted by Crippen LogP contribution is 2.50. The average Bonchev–Trinajstić information content (AvgIpc) is 4.19. The number of anilines is 6. The van der Waals surface area contributed by atoms with Crippen LogP contribution in [0.15, 0.2) is 276 Å². The van der Waals surface area contributed by atoms with Crippen LogP contribution in [0.1, 0.15) is 0 Å². The molecular formula is C66H44N6O2. The van der Waals surface area contributed by atoms with E-state index >= 15 is 0 Å². The fraction of sp³-hybridized carbons (Fsp3) is 0. The van der Waals surface area contributed by atoms with Gasteiger partial charge in [0.15, 0.2) is 0 Å². The van der Waals surface area contributed by atoms with E-state index in [0.717, 1.165) is 100 Å². The lowest BCUT2D eigenvalue weighted by atomic mass is 9.84. The van der Waals surface area contributed by atoms with Crippen molar-refractivity contribution in [3.8, 4) is 68.1 Å². The first kappa shape index (κ1) is 43.8. The van der Waals surface area contributed by atoms with Crippen molar-refractivity contribution >= 4 is 55.7 Å². The number of aromatic nitrogens is 4. The molecular weight excluding hydrogens is 909 g/mol. The molecule has 8 nitrogen and oxygen atoms in total. The highest BCUT2D eigenvalue weighted by molar-refractivity contribution is 6.25. The van der Waals surface area contributed by atoms with Gasteiger partial charge < -0.3 is 18.6 Å². The van der Waals surface area contributed by atoms with E-state index < -0.39 is 0 Å². The van der Waals surface area contributed by atoms with Gasteiger partial charge in [-0.1, -0.05) is 152 Å². The number of fused-ring (bicyclic) bond motifs is 2. The van der Waals surface area contributed by atoms with Crippen LogP contribution in [0.25, 0.3) is 89.6 Å². The molecule has 0 unspecified atom stereocenters. The van der Waals surface area contributed by atoms with Crippen LogP contribution >= 0.6 is 0 Å². The molecule has 8 heteroatoms. The Morgan fingerprint density at radius 2 is 0.568 bits per heavy atom. The molecule has 2 aromatic heterocycles. The van der Waals surface area contributed by atoms with Crippen molar-refractivity contribution in [3.05, 3.63) is 267 Å². The Morgan fingerprint density at radius 3 is 1.05 bits per heavy atom.